The summed E-state index contributed by atoms with van der Waals surface area (Å²) in [6, 6.07) is 0.236. The van der Waals surface area contributed by atoms with Gasteiger partial charge in [-0.25, -0.2) is 4.98 Å². The maximum absolute atomic E-state index is 11.0. The van der Waals surface area contributed by atoms with Gasteiger partial charge < -0.3 is 20.1 Å². The molecule has 1 fully saturated rings. The second-order valence-corrected chi connectivity index (χ2v) is 4.59. The van der Waals surface area contributed by atoms with Crippen molar-refractivity contribution in [1.82, 2.24) is 20.2 Å². The Kier molecular flexibility index (Phi) is 3.33. The smallest absolute Gasteiger partial charge is 0.221 e. The van der Waals surface area contributed by atoms with Crippen molar-refractivity contribution >= 4 is 11.9 Å². The molecule has 6 heteroatoms. The van der Waals surface area contributed by atoms with Gasteiger partial charge in [-0.15, -0.1) is 0 Å². The zero-order chi connectivity index (χ0) is 12.4. The minimum Gasteiger partial charge on any atom is -0.354 e. The van der Waals surface area contributed by atoms with Crippen molar-refractivity contribution in [3.8, 4) is 0 Å². The minimum atomic E-state index is 0.126. The van der Waals surface area contributed by atoms with Crippen molar-refractivity contribution in [3.05, 3.63) is 11.9 Å². The second kappa shape index (κ2) is 4.75. The van der Waals surface area contributed by atoms with Gasteiger partial charge in [-0.2, -0.15) is 0 Å². The maximum Gasteiger partial charge on any atom is 0.221 e. The molecule has 1 aliphatic rings. The summed E-state index contributed by atoms with van der Waals surface area (Å²) in [5, 5.41) is 6.17. The molecule has 0 radical (unpaired) electrons. The van der Waals surface area contributed by atoms with Crippen LogP contribution in [0.5, 0.6) is 0 Å². The van der Waals surface area contributed by atoms with Crippen LogP contribution in [0.4, 0.5) is 5.95 Å². The fraction of sp³-hybridized carbons (Fsp3) is 0.636. The van der Waals surface area contributed by atoms with Gasteiger partial charge in [0.05, 0.1) is 11.9 Å². The Morgan fingerprint density at radius 2 is 2.41 bits per heavy atom. The van der Waals surface area contributed by atoms with E-state index < -0.39 is 0 Å². The molecule has 2 rings (SSSR count). The van der Waals surface area contributed by atoms with E-state index in [0.717, 1.165) is 24.7 Å². The summed E-state index contributed by atoms with van der Waals surface area (Å²) < 4.78 is 2.05. The summed E-state index contributed by atoms with van der Waals surface area (Å²) in [5.74, 6) is 1.06. The molecule has 94 valence electrons. The fourth-order valence-electron chi connectivity index (χ4n) is 2.01. The number of hydrogen-bond donors (Lipinski definition) is 2. The lowest BCUT2D eigenvalue weighted by molar-refractivity contribution is -0.119. The zero-order valence-corrected chi connectivity index (χ0v) is 10.5. The normalized spacial score (nSPS) is 19.5. The van der Waals surface area contributed by atoms with Crippen LogP contribution in [0.25, 0.3) is 0 Å². The van der Waals surface area contributed by atoms with Crippen LogP contribution >= 0.6 is 0 Å². The number of anilines is 1. The highest BCUT2D eigenvalue weighted by atomic mass is 16.1. The van der Waals surface area contributed by atoms with Crippen LogP contribution in [0, 0.1) is 0 Å². The third kappa shape index (κ3) is 2.58. The first-order chi connectivity index (χ1) is 8.08. The van der Waals surface area contributed by atoms with Crippen molar-refractivity contribution in [2.24, 2.45) is 7.05 Å². The number of carbonyl (C=O) groups is 1. The first kappa shape index (κ1) is 11.9. The molecule has 1 saturated heterocycles. The predicted octanol–water partition coefficient (Wildman–Crippen LogP) is -0.536. The number of nitrogens with zero attached hydrogens (tertiary/aromatic N) is 3. The Hall–Kier alpha value is -1.56. The molecule has 1 aromatic rings. The lowest BCUT2D eigenvalue weighted by Gasteiger charge is -2.14. The SMILES string of the molecule is CN(C)c1ncc(CNC2CNC(=O)C2)n1C. The standard InChI is InChI=1S/C11H19N5O/c1-15(2)11-14-7-9(16(11)3)6-12-8-4-10(17)13-5-8/h7-8,12H,4-6H2,1-3H3,(H,13,17). The van der Waals surface area contributed by atoms with Crippen molar-refractivity contribution in [1.29, 1.82) is 0 Å². The summed E-state index contributed by atoms with van der Waals surface area (Å²) >= 11 is 0. The molecule has 0 aliphatic carbocycles. The summed E-state index contributed by atoms with van der Waals surface area (Å²) in [7, 11) is 5.94. The number of rotatable bonds is 4. The van der Waals surface area contributed by atoms with Crippen LogP contribution in [0.2, 0.25) is 0 Å². The van der Waals surface area contributed by atoms with Crippen LogP contribution in [0.1, 0.15) is 12.1 Å². The molecule has 1 unspecified atom stereocenters. The van der Waals surface area contributed by atoms with E-state index in [1.165, 1.54) is 0 Å². The topological polar surface area (TPSA) is 62.2 Å². The van der Waals surface area contributed by atoms with Crippen LogP contribution in [0.15, 0.2) is 6.20 Å². The van der Waals surface area contributed by atoms with E-state index in [0.29, 0.717) is 6.42 Å². The highest BCUT2D eigenvalue weighted by Gasteiger charge is 2.21. The predicted molar refractivity (Wildman–Crippen MR) is 65.8 cm³/mol. The number of amides is 1. The van der Waals surface area contributed by atoms with Crippen molar-refractivity contribution in [2.45, 2.75) is 19.0 Å². The zero-order valence-electron chi connectivity index (χ0n) is 10.5. The molecule has 6 nitrogen and oxygen atoms in total. The van der Waals surface area contributed by atoms with E-state index >= 15 is 0 Å². The molecule has 1 aliphatic heterocycles. The summed E-state index contributed by atoms with van der Waals surface area (Å²) in [4.78, 5) is 17.4. The van der Waals surface area contributed by atoms with Crippen LogP contribution in [-0.2, 0) is 18.4 Å². The van der Waals surface area contributed by atoms with Gasteiger partial charge in [0.15, 0.2) is 0 Å². The number of hydrogen-bond acceptors (Lipinski definition) is 4. The largest absolute Gasteiger partial charge is 0.354 e. The Morgan fingerprint density at radius 1 is 1.65 bits per heavy atom. The molecule has 0 spiro atoms. The second-order valence-electron chi connectivity index (χ2n) is 4.59. The van der Waals surface area contributed by atoms with E-state index in [-0.39, 0.29) is 11.9 Å². The third-order valence-corrected chi connectivity index (χ3v) is 3.01. The minimum absolute atomic E-state index is 0.126. The van der Waals surface area contributed by atoms with Gasteiger partial charge in [-0.05, 0) is 0 Å². The van der Waals surface area contributed by atoms with Gasteiger partial charge in [0.25, 0.3) is 0 Å². The van der Waals surface area contributed by atoms with Gasteiger partial charge >= 0.3 is 0 Å². The first-order valence-electron chi connectivity index (χ1n) is 5.76. The van der Waals surface area contributed by atoms with E-state index in [1.807, 2.05) is 32.2 Å². The lowest BCUT2D eigenvalue weighted by Crippen LogP contribution is -2.31. The summed E-state index contributed by atoms with van der Waals surface area (Å²) in [6.45, 7) is 1.45. The Bertz CT molecular complexity index is 412. The van der Waals surface area contributed by atoms with Crippen molar-refractivity contribution < 1.29 is 4.79 Å². The van der Waals surface area contributed by atoms with Crippen LogP contribution in [-0.4, -0.2) is 42.1 Å². The van der Waals surface area contributed by atoms with E-state index in [9.17, 15) is 4.79 Å². The highest BCUT2D eigenvalue weighted by molar-refractivity contribution is 5.78. The third-order valence-electron chi connectivity index (χ3n) is 3.01. The molecule has 0 saturated carbocycles. The van der Waals surface area contributed by atoms with Gasteiger partial charge in [0, 0.05) is 46.7 Å². The Morgan fingerprint density at radius 3 is 2.94 bits per heavy atom. The van der Waals surface area contributed by atoms with E-state index in [4.69, 9.17) is 0 Å². The molecular weight excluding hydrogens is 218 g/mol. The van der Waals surface area contributed by atoms with E-state index in [2.05, 4.69) is 20.2 Å². The molecule has 2 heterocycles. The van der Waals surface area contributed by atoms with E-state index in [1.54, 1.807) is 0 Å². The average Bonchev–Trinajstić information content (AvgIpc) is 2.82. The molecule has 2 N–H and O–H groups in total. The number of nitrogens with one attached hydrogen (secondary N) is 2. The maximum atomic E-state index is 11.0. The fourth-order valence-corrected chi connectivity index (χ4v) is 2.01. The lowest BCUT2D eigenvalue weighted by atomic mass is 10.2. The molecule has 1 atom stereocenters. The number of aromatic nitrogens is 2. The average molecular weight is 237 g/mol. The molecule has 0 aromatic carbocycles. The van der Waals surface area contributed by atoms with Crippen LogP contribution in [0.3, 0.4) is 0 Å². The molecule has 17 heavy (non-hydrogen) atoms. The van der Waals surface area contributed by atoms with Gasteiger partial charge in [-0.1, -0.05) is 0 Å². The highest BCUT2D eigenvalue weighted by Crippen LogP contribution is 2.11. The van der Waals surface area contributed by atoms with Gasteiger partial charge in [0.2, 0.25) is 11.9 Å². The quantitative estimate of drug-likeness (QED) is 0.738. The molecular formula is C11H19N5O. The monoisotopic (exact) mass is 237 g/mol. The first-order valence-corrected chi connectivity index (χ1v) is 5.76. The summed E-state index contributed by atoms with van der Waals surface area (Å²) in [6.07, 6.45) is 2.44. The Balaban J connectivity index is 1.93. The molecule has 1 amide bonds. The van der Waals surface area contributed by atoms with Crippen molar-refractivity contribution in [2.75, 3.05) is 25.5 Å². The summed E-state index contributed by atoms with van der Waals surface area (Å²) in [5.41, 5.74) is 1.12. The van der Waals surface area contributed by atoms with Crippen molar-refractivity contribution in [3.63, 3.8) is 0 Å². The van der Waals surface area contributed by atoms with Gasteiger partial charge in [-0.3, -0.25) is 4.79 Å². The van der Waals surface area contributed by atoms with Crippen LogP contribution < -0.4 is 15.5 Å². The van der Waals surface area contributed by atoms with Gasteiger partial charge in [0.1, 0.15) is 0 Å². The number of carbonyl (C=O) groups excluding carboxylic acids is 1. The molecule has 1 aromatic heterocycles. The molecule has 0 bridgehead atoms. The Labute approximate surface area is 101 Å². The number of imidazole rings is 1.